The summed E-state index contributed by atoms with van der Waals surface area (Å²) in [7, 11) is -0.121. The number of carbonyl (C=O) groups is 2. The zero-order valence-electron chi connectivity index (χ0n) is 13.0. The number of aromatic nitrogens is 1. The largest absolute Gasteiger partial charge is 0.374 e. The Morgan fingerprint density at radius 3 is 2.36 bits per heavy atom. The lowest BCUT2D eigenvalue weighted by molar-refractivity contribution is -0.134. The number of amides is 2. The number of nitrogens with zero attached hydrogens (tertiary/aromatic N) is 2. The summed E-state index contributed by atoms with van der Waals surface area (Å²) in [4.78, 5) is 25.3. The average Bonchev–Trinajstić information content (AvgIpc) is 2.91. The number of fused-ring (bicyclic) bond motifs is 1. The molecule has 0 spiro atoms. The van der Waals surface area contributed by atoms with Crippen LogP contribution in [0.3, 0.4) is 0 Å². The minimum atomic E-state index is -1.64. The van der Waals surface area contributed by atoms with Gasteiger partial charge in [-0.15, -0.1) is 0 Å². The first kappa shape index (κ1) is 15.2. The Labute approximate surface area is 138 Å². The number of hydrogen-bond acceptors (Lipinski definition) is 2. The van der Waals surface area contributed by atoms with Crippen molar-refractivity contribution < 1.29 is 9.59 Å². The van der Waals surface area contributed by atoms with Gasteiger partial charge in [0.25, 0.3) is 11.8 Å². The Kier molecular flexibility index (Phi) is 3.41. The summed E-state index contributed by atoms with van der Waals surface area (Å²) < 4.78 is 3.24. The second-order valence-corrected chi connectivity index (χ2v) is 12.2. The van der Waals surface area contributed by atoms with Crippen LogP contribution in [-0.2, 0) is 9.59 Å². The second kappa shape index (κ2) is 4.92. The van der Waals surface area contributed by atoms with Gasteiger partial charge in [-0.3, -0.25) is 14.5 Å². The Bertz CT molecular complexity index is 846. The number of rotatable bonds is 2. The van der Waals surface area contributed by atoms with Crippen molar-refractivity contribution >= 4 is 52.5 Å². The lowest BCUT2D eigenvalue weighted by atomic mass is 10.1. The van der Waals surface area contributed by atoms with E-state index in [1.165, 1.54) is 13.1 Å². The maximum absolute atomic E-state index is 12.3. The van der Waals surface area contributed by atoms with Crippen molar-refractivity contribution in [3.8, 4) is 0 Å². The first-order valence-electron chi connectivity index (χ1n) is 7.05. The van der Waals surface area contributed by atoms with Crippen molar-refractivity contribution in [1.82, 2.24) is 9.13 Å². The Hall–Kier alpha value is -1.66. The van der Waals surface area contributed by atoms with Crippen LogP contribution in [0, 0.1) is 0 Å². The Morgan fingerprint density at radius 2 is 1.82 bits per heavy atom. The van der Waals surface area contributed by atoms with Crippen LogP contribution in [0.4, 0.5) is 0 Å². The fourth-order valence-corrected chi connectivity index (χ4v) is 4.52. The van der Waals surface area contributed by atoms with E-state index in [4.69, 9.17) is 0 Å². The molecule has 4 nitrogen and oxygen atoms in total. The molecule has 1 aromatic carbocycles. The Balaban J connectivity index is 2.31. The van der Waals surface area contributed by atoms with Gasteiger partial charge in [-0.2, -0.15) is 0 Å². The number of halogens is 1. The molecule has 0 unspecified atom stereocenters. The van der Waals surface area contributed by atoms with E-state index in [1.807, 2.05) is 18.3 Å². The van der Waals surface area contributed by atoms with Crippen LogP contribution >= 0.6 is 15.9 Å². The molecule has 0 fully saturated rings. The average molecular weight is 377 g/mol. The van der Waals surface area contributed by atoms with Crippen LogP contribution in [0.5, 0.6) is 0 Å². The van der Waals surface area contributed by atoms with E-state index in [1.54, 1.807) is 0 Å². The normalized spacial score (nSPS) is 15.9. The molecule has 114 valence electrons. The smallest absolute Gasteiger partial charge is 0.261 e. The minimum absolute atomic E-state index is 0.236. The molecule has 3 rings (SSSR count). The highest BCUT2D eigenvalue weighted by molar-refractivity contribution is 9.10. The maximum atomic E-state index is 12.3. The molecule has 1 aromatic heterocycles. The van der Waals surface area contributed by atoms with Crippen molar-refractivity contribution in [2.24, 2.45) is 0 Å². The monoisotopic (exact) mass is 376 g/mol. The molecular weight excluding hydrogens is 360 g/mol. The zero-order valence-corrected chi connectivity index (χ0v) is 15.6. The van der Waals surface area contributed by atoms with Gasteiger partial charge in [-0.1, -0.05) is 35.6 Å². The van der Waals surface area contributed by atoms with E-state index in [0.29, 0.717) is 5.57 Å². The maximum Gasteiger partial charge on any atom is 0.261 e. The molecule has 1 aliphatic rings. The molecule has 2 amide bonds. The summed E-state index contributed by atoms with van der Waals surface area (Å²) in [5, 5.41) is 1.000. The van der Waals surface area contributed by atoms with Crippen molar-refractivity contribution in [3.63, 3.8) is 0 Å². The van der Waals surface area contributed by atoms with E-state index >= 15 is 0 Å². The fraction of sp³-hybridized carbons (Fsp3) is 0.250. The van der Waals surface area contributed by atoms with Crippen LogP contribution in [0.1, 0.15) is 5.56 Å². The zero-order chi connectivity index (χ0) is 16.2. The molecule has 0 radical (unpaired) electrons. The number of hydrogen-bond donors (Lipinski definition) is 0. The van der Waals surface area contributed by atoms with Crippen LogP contribution in [0.15, 0.2) is 34.9 Å². The highest BCUT2D eigenvalue weighted by Crippen LogP contribution is 2.34. The van der Waals surface area contributed by atoms with Gasteiger partial charge >= 0.3 is 0 Å². The number of carbonyl (C=O) groups excluding carboxylic acids is 2. The number of benzene rings is 1. The third-order valence-corrected chi connectivity index (χ3v) is 6.22. The first-order valence-corrected chi connectivity index (χ1v) is 11.3. The van der Waals surface area contributed by atoms with Gasteiger partial charge in [0, 0.05) is 40.3 Å². The highest BCUT2D eigenvalue weighted by Gasteiger charge is 2.31. The van der Waals surface area contributed by atoms with E-state index in [2.05, 4.69) is 45.9 Å². The summed E-state index contributed by atoms with van der Waals surface area (Å²) >= 11 is 3.49. The quantitative estimate of drug-likeness (QED) is 0.594. The molecule has 1 aliphatic heterocycles. The standard InChI is InChI=1S/C16H17BrN2O2Si/c1-18-15(20)8-12(16(18)21)13-9-19(22(2,3)4)14-6-5-10(17)7-11(13)14/h5-9H,1-4H3. The topological polar surface area (TPSA) is 42.3 Å². The molecule has 0 saturated heterocycles. The number of imide groups is 1. The second-order valence-electron chi connectivity index (χ2n) is 6.51. The van der Waals surface area contributed by atoms with Crippen LogP contribution in [0.25, 0.3) is 16.5 Å². The molecule has 0 bridgehead atoms. The van der Waals surface area contributed by atoms with Crippen LogP contribution < -0.4 is 0 Å². The molecule has 0 aliphatic carbocycles. The predicted molar refractivity (Wildman–Crippen MR) is 94.1 cm³/mol. The lowest BCUT2D eigenvalue weighted by Crippen LogP contribution is -2.31. The fourth-order valence-electron chi connectivity index (χ4n) is 2.73. The lowest BCUT2D eigenvalue weighted by Gasteiger charge is -2.20. The van der Waals surface area contributed by atoms with Gasteiger partial charge in [-0.05, 0) is 18.2 Å². The SMILES string of the molecule is CN1C(=O)C=C(c2cn([Si](C)(C)C)c3ccc(Br)cc23)C1=O. The summed E-state index contributed by atoms with van der Waals surface area (Å²) in [6.07, 6.45) is 3.46. The summed E-state index contributed by atoms with van der Waals surface area (Å²) in [5.74, 6) is -0.497. The van der Waals surface area contributed by atoms with Crippen molar-refractivity contribution in [1.29, 1.82) is 0 Å². The Morgan fingerprint density at radius 1 is 1.14 bits per heavy atom. The molecule has 2 aromatic rings. The minimum Gasteiger partial charge on any atom is -0.374 e. The third-order valence-electron chi connectivity index (χ3n) is 3.91. The van der Waals surface area contributed by atoms with E-state index in [0.717, 1.165) is 25.8 Å². The molecule has 0 N–H and O–H groups in total. The predicted octanol–water partition coefficient (Wildman–Crippen LogP) is 3.47. The van der Waals surface area contributed by atoms with Crippen LogP contribution in [-0.4, -0.2) is 36.2 Å². The molecule has 2 heterocycles. The van der Waals surface area contributed by atoms with Gasteiger partial charge in [-0.25, -0.2) is 0 Å². The van der Waals surface area contributed by atoms with Crippen molar-refractivity contribution in [2.45, 2.75) is 19.6 Å². The molecule has 0 saturated carbocycles. The summed E-state index contributed by atoms with van der Waals surface area (Å²) in [6.45, 7) is 6.75. The molecule has 6 heteroatoms. The van der Waals surface area contributed by atoms with Crippen molar-refractivity contribution in [3.05, 3.63) is 40.5 Å². The summed E-state index contributed by atoms with van der Waals surface area (Å²) in [6, 6.07) is 6.08. The third kappa shape index (κ3) is 2.26. The molecule has 22 heavy (non-hydrogen) atoms. The highest BCUT2D eigenvalue weighted by atomic mass is 79.9. The van der Waals surface area contributed by atoms with E-state index < -0.39 is 8.24 Å². The summed E-state index contributed by atoms with van der Waals surface area (Å²) in [5.41, 5.74) is 2.42. The van der Waals surface area contributed by atoms with Gasteiger partial charge in [0.2, 0.25) is 0 Å². The van der Waals surface area contributed by atoms with E-state index in [-0.39, 0.29) is 11.8 Å². The van der Waals surface area contributed by atoms with Gasteiger partial charge in [0.05, 0.1) is 5.57 Å². The van der Waals surface area contributed by atoms with E-state index in [9.17, 15) is 9.59 Å². The first-order chi connectivity index (χ1) is 10.2. The van der Waals surface area contributed by atoms with Gasteiger partial charge in [0.15, 0.2) is 8.24 Å². The number of likely N-dealkylation sites (N-methyl/N-ethyl adjacent to an activating group) is 1. The van der Waals surface area contributed by atoms with Gasteiger partial charge in [0.1, 0.15) is 0 Å². The van der Waals surface area contributed by atoms with Crippen molar-refractivity contribution in [2.75, 3.05) is 7.05 Å². The van der Waals surface area contributed by atoms with Crippen LogP contribution in [0.2, 0.25) is 19.6 Å². The van der Waals surface area contributed by atoms with Gasteiger partial charge < -0.3 is 4.23 Å². The molecular formula is C16H17BrN2O2Si. The molecule has 0 atom stereocenters.